The van der Waals surface area contributed by atoms with E-state index in [0.29, 0.717) is 12.1 Å². The number of nitrogens with zero attached hydrogens (tertiary/aromatic N) is 1. The van der Waals surface area contributed by atoms with Crippen molar-refractivity contribution >= 4 is 0 Å². The third kappa shape index (κ3) is 2.84. The van der Waals surface area contributed by atoms with E-state index in [2.05, 4.69) is 41.4 Å². The van der Waals surface area contributed by atoms with Crippen molar-refractivity contribution in [2.45, 2.75) is 18.5 Å². The molecule has 0 radical (unpaired) electrons. The number of hydrogen-bond donors (Lipinski definition) is 2. The van der Waals surface area contributed by atoms with Gasteiger partial charge in [-0.3, -0.25) is 0 Å². The lowest BCUT2D eigenvalue weighted by Crippen LogP contribution is -2.43. The number of nitrogens with one attached hydrogen (secondary N) is 2. The third-order valence-electron chi connectivity index (χ3n) is 3.11. The van der Waals surface area contributed by atoms with Crippen LogP contribution in [0.2, 0.25) is 0 Å². The Labute approximate surface area is 97.0 Å². The van der Waals surface area contributed by atoms with Crippen molar-refractivity contribution in [3.63, 3.8) is 0 Å². The van der Waals surface area contributed by atoms with E-state index < -0.39 is 0 Å². The first kappa shape index (κ1) is 11.6. The van der Waals surface area contributed by atoms with E-state index in [1.165, 1.54) is 5.69 Å². The van der Waals surface area contributed by atoms with E-state index in [1.807, 2.05) is 6.20 Å². The Bertz CT molecular complexity index is 291. The Balaban J connectivity index is 1.97. The average Bonchev–Trinajstić information content (AvgIpc) is 2.80. The predicted molar refractivity (Wildman–Crippen MR) is 64.4 cm³/mol. The molecule has 2 N–H and O–H groups in total. The molecule has 2 atom stereocenters. The van der Waals surface area contributed by atoms with Crippen LogP contribution in [0, 0.1) is 0 Å². The molecule has 1 saturated heterocycles. The second kappa shape index (κ2) is 5.48. The summed E-state index contributed by atoms with van der Waals surface area (Å²) in [4.78, 5) is 5.55. The summed E-state index contributed by atoms with van der Waals surface area (Å²) in [6.07, 6.45) is 3.06. The molecule has 4 heteroatoms. The second-order valence-corrected chi connectivity index (χ2v) is 4.57. The number of ether oxygens (including phenoxy) is 1. The molecule has 2 heterocycles. The fraction of sp³-hybridized carbons (Fsp3) is 0.667. The van der Waals surface area contributed by atoms with Gasteiger partial charge in [0.15, 0.2) is 0 Å². The predicted octanol–water partition coefficient (Wildman–Crippen LogP) is 0.996. The molecular weight excluding hydrogens is 202 g/mol. The van der Waals surface area contributed by atoms with Crippen LogP contribution >= 0.6 is 0 Å². The number of hydrogen-bond acceptors (Lipinski definition) is 3. The van der Waals surface area contributed by atoms with Gasteiger partial charge in [0.05, 0.1) is 19.3 Å². The van der Waals surface area contributed by atoms with Gasteiger partial charge in [0.25, 0.3) is 0 Å². The van der Waals surface area contributed by atoms with Gasteiger partial charge in [-0.1, -0.05) is 0 Å². The molecule has 0 amide bonds. The number of aromatic amines is 1. The molecule has 1 aliphatic heterocycles. The van der Waals surface area contributed by atoms with Crippen molar-refractivity contribution in [2.75, 3.05) is 33.9 Å². The molecule has 4 nitrogen and oxygen atoms in total. The maximum Gasteiger partial charge on any atom is 0.0620 e. The summed E-state index contributed by atoms with van der Waals surface area (Å²) >= 11 is 0. The lowest BCUT2D eigenvalue weighted by Gasteiger charge is -2.30. The number of aromatic nitrogens is 1. The number of H-pyrrole nitrogens is 1. The van der Waals surface area contributed by atoms with E-state index in [9.17, 15) is 0 Å². The highest BCUT2D eigenvalue weighted by atomic mass is 16.5. The van der Waals surface area contributed by atoms with Crippen LogP contribution in [-0.2, 0) is 4.74 Å². The molecule has 0 aliphatic carbocycles. The van der Waals surface area contributed by atoms with Crippen molar-refractivity contribution in [1.82, 2.24) is 15.2 Å². The van der Waals surface area contributed by atoms with Gasteiger partial charge in [-0.15, -0.1) is 0 Å². The molecule has 1 aliphatic rings. The van der Waals surface area contributed by atoms with Crippen LogP contribution < -0.4 is 5.32 Å². The standard InChI is InChI=1S/C12H21N3O/c1-15(2)12(11-4-3-5-14-11)8-10-9-16-7-6-13-10/h3-5,10,12-14H,6-9H2,1-2H3. The molecule has 0 bridgehead atoms. The van der Waals surface area contributed by atoms with Crippen LogP contribution in [0.25, 0.3) is 0 Å². The minimum Gasteiger partial charge on any atom is -0.379 e. The third-order valence-corrected chi connectivity index (χ3v) is 3.11. The van der Waals surface area contributed by atoms with Gasteiger partial charge in [0.1, 0.15) is 0 Å². The molecule has 0 spiro atoms. The molecule has 1 fully saturated rings. The zero-order valence-corrected chi connectivity index (χ0v) is 10.1. The van der Waals surface area contributed by atoms with Crippen molar-refractivity contribution in [1.29, 1.82) is 0 Å². The van der Waals surface area contributed by atoms with Crippen molar-refractivity contribution in [3.8, 4) is 0 Å². The highest BCUT2D eigenvalue weighted by molar-refractivity contribution is 5.09. The van der Waals surface area contributed by atoms with E-state index in [0.717, 1.165) is 26.2 Å². The van der Waals surface area contributed by atoms with E-state index in [1.54, 1.807) is 0 Å². The summed E-state index contributed by atoms with van der Waals surface area (Å²) in [6, 6.07) is 5.09. The smallest absolute Gasteiger partial charge is 0.0620 e. The monoisotopic (exact) mass is 223 g/mol. The topological polar surface area (TPSA) is 40.3 Å². The van der Waals surface area contributed by atoms with E-state index >= 15 is 0 Å². The fourth-order valence-electron chi connectivity index (χ4n) is 2.21. The quantitative estimate of drug-likeness (QED) is 0.800. The van der Waals surface area contributed by atoms with Crippen LogP contribution in [-0.4, -0.2) is 49.8 Å². The first-order valence-corrected chi connectivity index (χ1v) is 5.88. The summed E-state index contributed by atoms with van der Waals surface area (Å²) < 4.78 is 5.49. The van der Waals surface area contributed by atoms with Gasteiger partial charge < -0.3 is 19.9 Å². The summed E-state index contributed by atoms with van der Waals surface area (Å²) in [6.45, 7) is 2.63. The second-order valence-electron chi connectivity index (χ2n) is 4.57. The zero-order valence-electron chi connectivity index (χ0n) is 10.1. The van der Waals surface area contributed by atoms with Crippen molar-refractivity contribution in [3.05, 3.63) is 24.0 Å². The maximum atomic E-state index is 5.49. The Morgan fingerprint density at radius 2 is 2.44 bits per heavy atom. The molecule has 1 aromatic rings. The number of rotatable bonds is 4. The summed E-state index contributed by atoms with van der Waals surface area (Å²) in [5.74, 6) is 0. The minimum absolute atomic E-state index is 0.425. The largest absolute Gasteiger partial charge is 0.379 e. The lowest BCUT2D eigenvalue weighted by molar-refractivity contribution is 0.0645. The molecule has 2 unspecified atom stereocenters. The molecule has 0 saturated carbocycles. The van der Waals surface area contributed by atoms with Crippen LogP contribution in [0.3, 0.4) is 0 Å². The Hall–Kier alpha value is -0.840. The zero-order chi connectivity index (χ0) is 11.4. The maximum absolute atomic E-state index is 5.49. The SMILES string of the molecule is CN(C)C(CC1COCCN1)c1ccc[nH]1. The van der Waals surface area contributed by atoms with Crippen LogP contribution in [0.15, 0.2) is 18.3 Å². The van der Waals surface area contributed by atoms with Crippen LogP contribution in [0.4, 0.5) is 0 Å². The summed E-state index contributed by atoms with van der Waals surface area (Å²) in [7, 11) is 4.24. The van der Waals surface area contributed by atoms with Gasteiger partial charge in [-0.2, -0.15) is 0 Å². The Kier molecular flexibility index (Phi) is 3.98. The summed E-state index contributed by atoms with van der Waals surface area (Å²) in [5.41, 5.74) is 1.28. The molecule has 2 rings (SSSR count). The first-order chi connectivity index (χ1) is 7.77. The van der Waals surface area contributed by atoms with Crippen molar-refractivity contribution < 1.29 is 4.74 Å². The van der Waals surface area contributed by atoms with Gasteiger partial charge >= 0.3 is 0 Å². The summed E-state index contributed by atoms with van der Waals surface area (Å²) in [5, 5.41) is 3.50. The van der Waals surface area contributed by atoms with Gasteiger partial charge in [0, 0.05) is 24.5 Å². The van der Waals surface area contributed by atoms with Gasteiger partial charge in [-0.25, -0.2) is 0 Å². The first-order valence-electron chi connectivity index (χ1n) is 5.88. The minimum atomic E-state index is 0.425. The van der Waals surface area contributed by atoms with Gasteiger partial charge in [-0.05, 0) is 32.6 Å². The van der Waals surface area contributed by atoms with E-state index in [4.69, 9.17) is 4.74 Å². The van der Waals surface area contributed by atoms with E-state index in [-0.39, 0.29) is 0 Å². The highest BCUT2D eigenvalue weighted by Crippen LogP contribution is 2.22. The highest BCUT2D eigenvalue weighted by Gasteiger charge is 2.22. The fourth-order valence-corrected chi connectivity index (χ4v) is 2.21. The lowest BCUT2D eigenvalue weighted by atomic mass is 10.0. The normalized spacial score (nSPS) is 23.6. The van der Waals surface area contributed by atoms with Crippen LogP contribution in [0.1, 0.15) is 18.2 Å². The van der Waals surface area contributed by atoms with Crippen molar-refractivity contribution in [2.24, 2.45) is 0 Å². The van der Waals surface area contributed by atoms with Crippen LogP contribution in [0.5, 0.6) is 0 Å². The Morgan fingerprint density at radius 3 is 3.00 bits per heavy atom. The van der Waals surface area contributed by atoms with Gasteiger partial charge in [0.2, 0.25) is 0 Å². The molecule has 0 aromatic carbocycles. The Morgan fingerprint density at radius 1 is 1.56 bits per heavy atom. The average molecular weight is 223 g/mol. The molecule has 16 heavy (non-hydrogen) atoms. The molecule has 1 aromatic heterocycles. The molecule has 90 valence electrons. The molecular formula is C12H21N3O. The number of morpholine rings is 1.